The monoisotopic (exact) mass is 433 g/mol. The second-order valence-corrected chi connectivity index (χ2v) is 8.90. The Morgan fingerprint density at radius 3 is 1.82 bits per heavy atom. The summed E-state index contributed by atoms with van der Waals surface area (Å²) in [7, 11) is 0. The third-order valence-electron chi connectivity index (χ3n) is 5.44. The number of imidazole rings is 1. The van der Waals surface area contributed by atoms with E-state index in [2.05, 4.69) is 115 Å². The first kappa shape index (κ1) is 18.9. The molecule has 0 spiro atoms. The molecule has 4 rings (SSSR count). The van der Waals surface area contributed by atoms with Crippen molar-refractivity contribution in [2.24, 2.45) is 0 Å². The van der Waals surface area contributed by atoms with Gasteiger partial charge in [-0.15, -0.1) is 0 Å². The quantitative estimate of drug-likeness (QED) is 0.318. The van der Waals surface area contributed by atoms with Gasteiger partial charge in [-0.3, -0.25) is 0 Å². The molecule has 0 amide bonds. The minimum atomic E-state index is 1.09. The molecule has 0 aliphatic carbocycles. The van der Waals surface area contributed by atoms with Crippen LogP contribution in [-0.4, -0.2) is 4.57 Å². The zero-order valence-electron chi connectivity index (χ0n) is 17.4. The molecule has 28 heavy (non-hydrogen) atoms. The molecule has 1 aromatic heterocycles. The standard InChI is InChI=1S/C25H26BrN2/c1-15-9-17(3)24(18(4)10-15)27-14-28(23-13-21(26)7-8-22(23)27)25-19(5)11-16(2)12-20(25)6/h7-14H,1-6H3/q+1. The molecule has 142 valence electrons. The summed E-state index contributed by atoms with van der Waals surface area (Å²) < 4.78 is 5.76. The van der Waals surface area contributed by atoms with E-state index in [0.29, 0.717) is 0 Å². The lowest BCUT2D eigenvalue weighted by Gasteiger charge is -2.09. The Morgan fingerprint density at radius 2 is 1.25 bits per heavy atom. The SMILES string of the molecule is Cc1cc(C)c(-n2c[n+](-c3c(C)cc(C)cc3C)c3ccc(Br)cc32)c(C)c1. The van der Waals surface area contributed by atoms with Gasteiger partial charge < -0.3 is 0 Å². The molecular formula is C25H26BrN2+. The van der Waals surface area contributed by atoms with Crippen LogP contribution in [0.1, 0.15) is 33.4 Å². The normalized spacial score (nSPS) is 11.4. The fourth-order valence-electron chi connectivity index (χ4n) is 4.59. The van der Waals surface area contributed by atoms with Crippen molar-refractivity contribution >= 4 is 27.0 Å². The molecule has 3 aromatic carbocycles. The Kier molecular flexibility index (Phi) is 4.67. The van der Waals surface area contributed by atoms with Crippen LogP contribution in [-0.2, 0) is 0 Å². The minimum absolute atomic E-state index is 1.09. The van der Waals surface area contributed by atoms with Crippen molar-refractivity contribution < 1.29 is 4.57 Å². The molecule has 0 N–H and O–H groups in total. The van der Waals surface area contributed by atoms with Gasteiger partial charge in [-0.25, -0.2) is 0 Å². The maximum atomic E-state index is 3.67. The van der Waals surface area contributed by atoms with E-state index >= 15 is 0 Å². The number of fused-ring (bicyclic) bond motifs is 1. The van der Waals surface area contributed by atoms with Gasteiger partial charge in [0.1, 0.15) is 11.4 Å². The average molecular weight is 434 g/mol. The van der Waals surface area contributed by atoms with Crippen LogP contribution < -0.4 is 4.57 Å². The van der Waals surface area contributed by atoms with Crippen LogP contribution in [0.5, 0.6) is 0 Å². The highest BCUT2D eigenvalue weighted by atomic mass is 79.9. The van der Waals surface area contributed by atoms with E-state index in [9.17, 15) is 0 Å². The van der Waals surface area contributed by atoms with Crippen LogP contribution in [0, 0.1) is 41.5 Å². The molecule has 0 saturated carbocycles. The van der Waals surface area contributed by atoms with Crippen molar-refractivity contribution in [3.63, 3.8) is 0 Å². The smallest absolute Gasteiger partial charge is 0.194 e. The summed E-state index contributed by atoms with van der Waals surface area (Å²) in [6, 6.07) is 15.6. The highest BCUT2D eigenvalue weighted by Crippen LogP contribution is 2.28. The molecule has 0 fully saturated rings. The van der Waals surface area contributed by atoms with Gasteiger partial charge in [0.2, 0.25) is 0 Å². The maximum Gasteiger partial charge on any atom is 0.255 e. The third kappa shape index (κ3) is 3.08. The van der Waals surface area contributed by atoms with Crippen molar-refractivity contribution in [1.82, 2.24) is 4.57 Å². The first-order valence-corrected chi connectivity index (χ1v) is 10.4. The van der Waals surface area contributed by atoms with Crippen LogP contribution in [0.25, 0.3) is 22.4 Å². The summed E-state index contributed by atoms with van der Waals surface area (Å²) >= 11 is 3.67. The van der Waals surface area contributed by atoms with Crippen molar-refractivity contribution in [3.05, 3.63) is 86.6 Å². The van der Waals surface area contributed by atoms with E-state index < -0.39 is 0 Å². The van der Waals surface area contributed by atoms with Crippen molar-refractivity contribution in [1.29, 1.82) is 0 Å². The van der Waals surface area contributed by atoms with Crippen LogP contribution in [0.2, 0.25) is 0 Å². The molecule has 0 bridgehead atoms. The number of halogens is 1. The van der Waals surface area contributed by atoms with E-state index in [0.717, 1.165) is 4.47 Å². The topological polar surface area (TPSA) is 8.81 Å². The molecule has 3 heteroatoms. The summed E-state index contributed by atoms with van der Waals surface area (Å²) in [6.07, 6.45) is 2.24. The van der Waals surface area contributed by atoms with Crippen molar-refractivity contribution in [2.75, 3.05) is 0 Å². The predicted octanol–water partition coefficient (Wildman–Crippen LogP) is 6.52. The Labute approximate surface area is 175 Å². The second kappa shape index (κ2) is 6.89. The third-order valence-corrected chi connectivity index (χ3v) is 5.93. The zero-order chi connectivity index (χ0) is 20.2. The molecule has 1 heterocycles. The fourth-order valence-corrected chi connectivity index (χ4v) is 4.94. The molecule has 0 aliphatic rings. The number of benzene rings is 3. The number of rotatable bonds is 2. The van der Waals surface area contributed by atoms with Gasteiger partial charge in [-0.2, -0.15) is 9.13 Å². The first-order valence-electron chi connectivity index (χ1n) is 9.65. The van der Waals surface area contributed by atoms with Gasteiger partial charge in [-0.1, -0.05) is 51.3 Å². The van der Waals surface area contributed by atoms with E-state index in [1.165, 1.54) is 55.8 Å². The molecule has 2 nitrogen and oxygen atoms in total. The summed E-state index contributed by atoms with van der Waals surface area (Å²) in [4.78, 5) is 0. The molecule has 0 atom stereocenters. The minimum Gasteiger partial charge on any atom is -0.194 e. The van der Waals surface area contributed by atoms with Crippen LogP contribution >= 0.6 is 15.9 Å². The number of aryl methyl sites for hydroxylation is 6. The summed E-state index contributed by atoms with van der Waals surface area (Å²) in [6.45, 7) is 13.1. The lowest BCUT2D eigenvalue weighted by molar-refractivity contribution is -0.568. The molecule has 0 unspecified atom stereocenters. The fraction of sp³-hybridized carbons (Fsp3) is 0.240. The highest BCUT2D eigenvalue weighted by molar-refractivity contribution is 9.10. The molecular weight excluding hydrogens is 408 g/mol. The van der Waals surface area contributed by atoms with Gasteiger partial charge in [0.15, 0.2) is 11.0 Å². The molecule has 0 saturated heterocycles. The van der Waals surface area contributed by atoms with E-state index in [1.807, 2.05) is 0 Å². The Balaban J connectivity index is 2.11. The number of nitrogens with zero attached hydrogens (tertiary/aromatic N) is 2. The Hall–Kier alpha value is -2.39. The summed E-state index contributed by atoms with van der Waals surface area (Å²) in [5.41, 5.74) is 12.7. The number of aromatic nitrogens is 2. The van der Waals surface area contributed by atoms with E-state index in [-0.39, 0.29) is 0 Å². The summed E-state index contributed by atoms with van der Waals surface area (Å²) in [5.74, 6) is 0. The predicted molar refractivity (Wildman–Crippen MR) is 121 cm³/mol. The largest absolute Gasteiger partial charge is 0.255 e. The average Bonchev–Trinajstić information content (AvgIpc) is 2.91. The van der Waals surface area contributed by atoms with Crippen LogP contribution in [0.3, 0.4) is 0 Å². The van der Waals surface area contributed by atoms with Crippen molar-refractivity contribution in [2.45, 2.75) is 41.5 Å². The first-order chi connectivity index (χ1) is 13.3. The Bertz CT molecular complexity index is 1190. The van der Waals surface area contributed by atoms with Crippen molar-refractivity contribution in [3.8, 4) is 11.4 Å². The highest BCUT2D eigenvalue weighted by Gasteiger charge is 2.24. The number of hydrogen-bond donors (Lipinski definition) is 0. The Morgan fingerprint density at radius 1 is 0.714 bits per heavy atom. The molecule has 4 aromatic rings. The maximum absolute atomic E-state index is 3.67. The second-order valence-electron chi connectivity index (χ2n) is 7.98. The van der Waals surface area contributed by atoms with Gasteiger partial charge >= 0.3 is 0 Å². The van der Waals surface area contributed by atoms with Crippen LogP contribution in [0.15, 0.2) is 53.3 Å². The van der Waals surface area contributed by atoms with Gasteiger partial charge in [0.05, 0.1) is 0 Å². The van der Waals surface area contributed by atoms with E-state index in [1.54, 1.807) is 0 Å². The lowest BCUT2D eigenvalue weighted by atomic mass is 10.0. The van der Waals surface area contributed by atoms with Crippen LogP contribution in [0.4, 0.5) is 0 Å². The lowest BCUT2D eigenvalue weighted by Crippen LogP contribution is -2.31. The van der Waals surface area contributed by atoms with Gasteiger partial charge in [-0.05, 0) is 75.9 Å². The summed E-state index contributed by atoms with van der Waals surface area (Å²) in [5, 5.41) is 0. The molecule has 0 radical (unpaired) electrons. The number of hydrogen-bond acceptors (Lipinski definition) is 0. The molecule has 0 aliphatic heterocycles. The van der Waals surface area contributed by atoms with Gasteiger partial charge in [0, 0.05) is 10.5 Å². The van der Waals surface area contributed by atoms with E-state index in [4.69, 9.17) is 0 Å². The zero-order valence-corrected chi connectivity index (χ0v) is 19.0. The van der Waals surface area contributed by atoms with Gasteiger partial charge in [0.25, 0.3) is 6.33 Å².